The van der Waals surface area contributed by atoms with Gasteiger partial charge in [0.15, 0.2) is 0 Å². The van der Waals surface area contributed by atoms with E-state index in [1.165, 1.54) is 4.31 Å². The molecule has 2 heterocycles. The molecule has 0 bridgehead atoms. The number of nitrogens with zero attached hydrogens (tertiary/aromatic N) is 2. The van der Waals surface area contributed by atoms with Gasteiger partial charge in [0.2, 0.25) is 15.9 Å². The normalized spacial score (nSPS) is 17.3. The Hall–Kier alpha value is -1.47. The van der Waals surface area contributed by atoms with Gasteiger partial charge in [0.25, 0.3) is 0 Å². The van der Waals surface area contributed by atoms with E-state index in [9.17, 15) is 13.2 Å². The van der Waals surface area contributed by atoms with Crippen molar-refractivity contribution in [3.05, 3.63) is 30.1 Å². The van der Waals surface area contributed by atoms with Crippen LogP contribution in [0.4, 0.5) is 0 Å². The Balaban J connectivity index is 1.80. The molecule has 1 aliphatic heterocycles. The van der Waals surface area contributed by atoms with Gasteiger partial charge in [-0.05, 0) is 31.4 Å². The second kappa shape index (κ2) is 7.69. The lowest BCUT2D eigenvalue weighted by molar-refractivity contribution is -0.126. The van der Waals surface area contributed by atoms with Gasteiger partial charge in [-0.1, -0.05) is 13.0 Å². The highest BCUT2D eigenvalue weighted by atomic mass is 32.2. The molecule has 0 aliphatic carbocycles. The monoisotopic (exact) mass is 325 g/mol. The molecule has 1 aliphatic rings. The molecule has 1 fully saturated rings. The van der Waals surface area contributed by atoms with Crippen LogP contribution in [0.1, 0.15) is 31.9 Å². The first kappa shape index (κ1) is 16.9. The molecule has 0 saturated carbocycles. The van der Waals surface area contributed by atoms with E-state index in [-0.39, 0.29) is 17.6 Å². The maximum atomic E-state index is 12.1. The lowest BCUT2D eigenvalue weighted by Crippen LogP contribution is -2.43. The summed E-state index contributed by atoms with van der Waals surface area (Å²) in [6, 6.07) is 5.57. The highest BCUT2D eigenvalue weighted by Crippen LogP contribution is 2.20. The smallest absolute Gasteiger partial charge is 0.223 e. The minimum absolute atomic E-state index is 0.0156. The second-order valence-electron chi connectivity index (χ2n) is 5.53. The molecule has 0 unspecified atom stereocenters. The lowest BCUT2D eigenvalue weighted by atomic mass is 9.97. The predicted octanol–water partition coefficient (Wildman–Crippen LogP) is 1.15. The van der Waals surface area contributed by atoms with Gasteiger partial charge in [0.05, 0.1) is 18.0 Å². The zero-order valence-electron chi connectivity index (χ0n) is 12.9. The van der Waals surface area contributed by atoms with E-state index in [0.717, 1.165) is 5.69 Å². The van der Waals surface area contributed by atoms with Crippen LogP contribution in [0.2, 0.25) is 0 Å². The van der Waals surface area contributed by atoms with Crippen LogP contribution < -0.4 is 5.32 Å². The Morgan fingerprint density at radius 3 is 2.68 bits per heavy atom. The molecule has 22 heavy (non-hydrogen) atoms. The summed E-state index contributed by atoms with van der Waals surface area (Å²) in [6.45, 7) is 3.14. The maximum absolute atomic E-state index is 12.1. The highest BCUT2D eigenvalue weighted by Gasteiger charge is 2.30. The second-order valence-corrected chi connectivity index (χ2v) is 7.62. The third kappa shape index (κ3) is 4.51. The van der Waals surface area contributed by atoms with E-state index < -0.39 is 10.0 Å². The molecule has 7 heteroatoms. The Morgan fingerprint density at radius 1 is 1.36 bits per heavy atom. The van der Waals surface area contributed by atoms with Gasteiger partial charge in [-0.25, -0.2) is 12.7 Å². The van der Waals surface area contributed by atoms with Crippen LogP contribution in [0.25, 0.3) is 0 Å². The largest absolute Gasteiger partial charge is 0.350 e. The number of pyridine rings is 1. The number of rotatable bonds is 6. The summed E-state index contributed by atoms with van der Waals surface area (Å²) >= 11 is 0. The molecule has 6 nitrogen and oxygen atoms in total. The molecular formula is C15H23N3O3S. The fourth-order valence-corrected chi connectivity index (χ4v) is 4.15. The number of amides is 1. The number of hydrogen-bond acceptors (Lipinski definition) is 4. The average Bonchev–Trinajstić information content (AvgIpc) is 2.54. The van der Waals surface area contributed by atoms with Crippen LogP contribution in [0, 0.1) is 5.92 Å². The van der Waals surface area contributed by atoms with Crippen molar-refractivity contribution in [2.45, 2.75) is 32.7 Å². The van der Waals surface area contributed by atoms with Gasteiger partial charge in [-0.2, -0.15) is 0 Å². The van der Waals surface area contributed by atoms with Crippen molar-refractivity contribution >= 4 is 15.9 Å². The minimum Gasteiger partial charge on any atom is -0.350 e. The summed E-state index contributed by atoms with van der Waals surface area (Å²) in [5, 5.41) is 2.88. The van der Waals surface area contributed by atoms with Crippen molar-refractivity contribution < 1.29 is 13.2 Å². The molecule has 0 atom stereocenters. The molecule has 122 valence electrons. The molecule has 1 saturated heterocycles. The van der Waals surface area contributed by atoms with E-state index in [1.54, 1.807) is 6.20 Å². The molecular weight excluding hydrogens is 302 g/mol. The van der Waals surface area contributed by atoms with Crippen LogP contribution in [-0.2, 0) is 21.4 Å². The number of hydrogen-bond donors (Lipinski definition) is 1. The quantitative estimate of drug-likeness (QED) is 0.851. The first-order valence-electron chi connectivity index (χ1n) is 7.68. The summed E-state index contributed by atoms with van der Waals surface area (Å²) in [5.74, 6) is 0.0544. The van der Waals surface area contributed by atoms with Gasteiger partial charge < -0.3 is 5.32 Å². The Bertz CT molecular complexity index is 581. The van der Waals surface area contributed by atoms with Crippen LogP contribution >= 0.6 is 0 Å². The topological polar surface area (TPSA) is 79.4 Å². The lowest BCUT2D eigenvalue weighted by Gasteiger charge is -2.30. The van der Waals surface area contributed by atoms with Gasteiger partial charge in [-0.3, -0.25) is 9.78 Å². The Kier molecular flexibility index (Phi) is 5.90. The zero-order chi connectivity index (χ0) is 16.0. The zero-order valence-corrected chi connectivity index (χ0v) is 13.7. The van der Waals surface area contributed by atoms with Crippen molar-refractivity contribution in [2.24, 2.45) is 5.92 Å². The summed E-state index contributed by atoms with van der Waals surface area (Å²) < 4.78 is 25.5. The first-order valence-corrected chi connectivity index (χ1v) is 9.29. The maximum Gasteiger partial charge on any atom is 0.223 e. The van der Waals surface area contributed by atoms with Crippen molar-refractivity contribution in [3.8, 4) is 0 Å². The van der Waals surface area contributed by atoms with E-state index >= 15 is 0 Å². The molecule has 0 spiro atoms. The predicted molar refractivity (Wildman–Crippen MR) is 84.5 cm³/mol. The van der Waals surface area contributed by atoms with Crippen LogP contribution in [-0.4, -0.2) is 42.5 Å². The van der Waals surface area contributed by atoms with Gasteiger partial charge in [-0.15, -0.1) is 0 Å². The third-order valence-electron chi connectivity index (χ3n) is 3.85. The van der Waals surface area contributed by atoms with Crippen LogP contribution in [0.5, 0.6) is 0 Å². The SMILES string of the molecule is CCCS(=O)(=O)N1CCC(C(=O)NCc2ccccn2)CC1. The van der Waals surface area contributed by atoms with E-state index in [4.69, 9.17) is 0 Å². The molecule has 0 aromatic carbocycles. The Morgan fingerprint density at radius 2 is 2.09 bits per heavy atom. The molecule has 1 aromatic rings. The summed E-state index contributed by atoms with van der Waals surface area (Å²) in [6.07, 6.45) is 3.47. The van der Waals surface area contributed by atoms with Crippen molar-refractivity contribution in [3.63, 3.8) is 0 Å². The standard InChI is InChI=1S/C15H23N3O3S/c1-2-11-22(20,21)18-9-6-13(7-10-18)15(19)17-12-14-5-3-4-8-16-14/h3-5,8,13H,2,6-7,9-12H2,1H3,(H,17,19). The molecule has 1 amide bonds. The molecule has 2 rings (SSSR count). The van der Waals surface area contributed by atoms with Gasteiger partial charge >= 0.3 is 0 Å². The number of aromatic nitrogens is 1. The number of piperidine rings is 1. The molecule has 1 N–H and O–H groups in total. The number of carbonyl (C=O) groups excluding carboxylic acids is 1. The van der Waals surface area contributed by atoms with Crippen LogP contribution in [0.3, 0.4) is 0 Å². The van der Waals surface area contributed by atoms with Gasteiger partial charge in [0.1, 0.15) is 0 Å². The number of sulfonamides is 1. The van der Waals surface area contributed by atoms with Crippen LogP contribution in [0.15, 0.2) is 24.4 Å². The number of nitrogens with one attached hydrogen (secondary N) is 1. The van der Waals surface area contributed by atoms with Crippen molar-refractivity contribution in [2.75, 3.05) is 18.8 Å². The summed E-state index contributed by atoms with van der Waals surface area (Å²) in [5.41, 5.74) is 0.818. The van der Waals surface area contributed by atoms with Gasteiger partial charge in [0, 0.05) is 25.2 Å². The first-order chi connectivity index (χ1) is 10.5. The molecule has 1 aromatic heterocycles. The summed E-state index contributed by atoms with van der Waals surface area (Å²) in [4.78, 5) is 16.3. The number of carbonyl (C=O) groups is 1. The third-order valence-corrected chi connectivity index (χ3v) is 5.93. The Labute approximate surface area is 132 Å². The van der Waals surface area contributed by atoms with E-state index in [2.05, 4.69) is 10.3 Å². The minimum atomic E-state index is -3.15. The fourth-order valence-electron chi connectivity index (χ4n) is 2.61. The average molecular weight is 325 g/mol. The molecule has 0 radical (unpaired) electrons. The summed E-state index contributed by atoms with van der Waals surface area (Å²) in [7, 11) is -3.15. The van der Waals surface area contributed by atoms with E-state index in [0.29, 0.717) is 38.9 Å². The van der Waals surface area contributed by atoms with Crippen molar-refractivity contribution in [1.82, 2.24) is 14.6 Å². The van der Waals surface area contributed by atoms with Crippen molar-refractivity contribution in [1.29, 1.82) is 0 Å². The van der Waals surface area contributed by atoms with E-state index in [1.807, 2.05) is 25.1 Å². The highest BCUT2D eigenvalue weighted by molar-refractivity contribution is 7.89. The fraction of sp³-hybridized carbons (Fsp3) is 0.600.